The number of hydrogen-bond acceptors (Lipinski definition) is 5. The molecule has 0 unspecified atom stereocenters. The molecule has 0 radical (unpaired) electrons. The Kier molecular flexibility index (Phi) is 3.66. The van der Waals surface area contributed by atoms with Crippen LogP contribution >= 0.6 is 0 Å². The van der Waals surface area contributed by atoms with Gasteiger partial charge in [-0.1, -0.05) is 0 Å². The minimum absolute atomic E-state index is 0.0840. The van der Waals surface area contributed by atoms with Crippen molar-refractivity contribution in [1.29, 1.82) is 0 Å². The molecule has 20 heavy (non-hydrogen) atoms. The van der Waals surface area contributed by atoms with Gasteiger partial charge in [0, 0.05) is 32.2 Å². The summed E-state index contributed by atoms with van der Waals surface area (Å²) < 4.78 is 6.82. The third-order valence-corrected chi connectivity index (χ3v) is 3.57. The Morgan fingerprint density at radius 1 is 1.20 bits per heavy atom. The molecule has 2 aromatic rings. The molecule has 106 valence electrons. The number of likely N-dealkylation sites (N-methyl/N-ethyl adjacent to an activating group) is 1. The molecule has 1 aliphatic heterocycles. The van der Waals surface area contributed by atoms with E-state index >= 15 is 0 Å². The molecule has 0 amide bonds. The Labute approximate surface area is 117 Å². The standard InChI is InChI=1S/C14H18N4O2/c1-16-6-8-17(9-7-16)11-18-14(19)5-4-12(15-18)13-3-2-10-20-13/h2-5,10H,6-9,11H2,1H3. The molecule has 0 atom stereocenters. The highest BCUT2D eigenvalue weighted by atomic mass is 16.3. The number of aromatic nitrogens is 2. The largest absolute Gasteiger partial charge is 0.463 e. The van der Waals surface area contributed by atoms with E-state index in [1.807, 2.05) is 12.1 Å². The van der Waals surface area contributed by atoms with Crippen LogP contribution in [0.25, 0.3) is 11.5 Å². The van der Waals surface area contributed by atoms with Crippen molar-refractivity contribution >= 4 is 0 Å². The van der Waals surface area contributed by atoms with Crippen LogP contribution in [0, 0.1) is 0 Å². The average molecular weight is 274 g/mol. The van der Waals surface area contributed by atoms with Crippen LogP contribution in [-0.4, -0.2) is 52.8 Å². The van der Waals surface area contributed by atoms with E-state index in [4.69, 9.17) is 4.42 Å². The van der Waals surface area contributed by atoms with E-state index in [1.165, 1.54) is 4.68 Å². The fourth-order valence-corrected chi connectivity index (χ4v) is 2.28. The van der Waals surface area contributed by atoms with Crippen LogP contribution in [0.4, 0.5) is 0 Å². The smallest absolute Gasteiger partial charge is 0.268 e. The first-order valence-corrected chi connectivity index (χ1v) is 6.75. The zero-order chi connectivity index (χ0) is 13.9. The van der Waals surface area contributed by atoms with E-state index in [2.05, 4.69) is 21.9 Å². The van der Waals surface area contributed by atoms with Gasteiger partial charge in [0.1, 0.15) is 5.69 Å². The van der Waals surface area contributed by atoms with Gasteiger partial charge in [-0.3, -0.25) is 9.69 Å². The molecule has 0 aromatic carbocycles. The van der Waals surface area contributed by atoms with Crippen LogP contribution in [0.15, 0.2) is 39.7 Å². The van der Waals surface area contributed by atoms with Gasteiger partial charge >= 0.3 is 0 Å². The predicted octanol–water partition coefficient (Wildman–Crippen LogP) is 0.708. The Morgan fingerprint density at radius 2 is 2.00 bits per heavy atom. The highest BCUT2D eigenvalue weighted by Crippen LogP contribution is 2.15. The van der Waals surface area contributed by atoms with Gasteiger partial charge < -0.3 is 9.32 Å². The first-order valence-electron chi connectivity index (χ1n) is 6.75. The molecule has 0 N–H and O–H groups in total. The second-order valence-corrected chi connectivity index (χ2v) is 5.10. The van der Waals surface area contributed by atoms with Gasteiger partial charge in [-0.2, -0.15) is 5.10 Å². The van der Waals surface area contributed by atoms with E-state index in [1.54, 1.807) is 18.4 Å². The molecule has 0 saturated carbocycles. The summed E-state index contributed by atoms with van der Waals surface area (Å²) in [5, 5.41) is 4.38. The fraction of sp³-hybridized carbons (Fsp3) is 0.429. The quantitative estimate of drug-likeness (QED) is 0.825. The number of rotatable bonds is 3. The minimum atomic E-state index is -0.0840. The molecular weight excluding hydrogens is 256 g/mol. The van der Waals surface area contributed by atoms with Gasteiger partial charge in [-0.15, -0.1) is 0 Å². The maximum atomic E-state index is 11.9. The molecule has 1 fully saturated rings. The molecule has 0 spiro atoms. The molecular formula is C14H18N4O2. The lowest BCUT2D eigenvalue weighted by atomic mass is 10.3. The van der Waals surface area contributed by atoms with Gasteiger partial charge in [0.2, 0.25) is 0 Å². The van der Waals surface area contributed by atoms with Crippen molar-refractivity contribution in [3.8, 4) is 11.5 Å². The van der Waals surface area contributed by atoms with Crippen molar-refractivity contribution < 1.29 is 4.42 Å². The van der Waals surface area contributed by atoms with Crippen molar-refractivity contribution in [3.05, 3.63) is 40.9 Å². The van der Waals surface area contributed by atoms with Crippen LogP contribution in [0.1, 0.15) is 0 Å². The Hall–Kier alpha value is -1.92. The zero-order valence-corrected chi connectivity index (χ0v) is 11.5. The average Bonchev–Trinajstić information content (AvgIpc) is 2.98. The van der Waals surface area contributed by atoms with Crippen LogP contribution in [-0.2, 0) is 6.67 Å². The summed E-state index contributed by atoms with van der Waals surface area (Å²) in [6.07, 6.45) is 1.60. The van der Waals surface area contributed by atoms with Gasteiger partial charge in [0.05, 0.1) is 12.9 Å². The summed E-state index contributed by atoms with van der Waals surface area (Å²) in [5.74, 6) is 0.678. The highest BCUT2D eigenvalue weighted by Gasteiger charge is 2.15. The molecule has 0 aliphatic carbocycles. The van der Waals surface area contributed by atoms with Crippen LogP contribution in [0.2, 0.25) is 0 Å². The lowest BCUT2D eigenvalue weighted by molar-refractivity contribution is 0.117. The Bertz CT molecular complexity index is 612. The lowest BCUT2D eigenvalue weighted by Crippen LogP contribution is -2.46. The van der Waals surface area contributed by atoms with E-state index in [9.17, 15) is 4.79 Å². The van der Waals surface area contributed by atoms with Crippen LogP contribution < -0.4 is 5.56 Å². The molecule has 0 bridgehead atoms. The van der Waals surface area contributed by atoms with Crippen LogP contribution in [0.3, 0.4) is 0 Å². The maximum absolute atomic E-state index is 11.9. The van der Waals surface area contributed by atoms with E-state index in [-0.39, 0.29) is 5.56 Å². The topological polar surface area (TPSA) is 54.5 Å². The van der Waals surface area contributed by atoms with E-state index < -0.39 is 0 Å². The SMILES string of the molecule is CN1CCN(Cn2nc(-c3ccco3)ccc2=O)CC1. The van der Waals surface area contributed by atoms with Gasteiger partial charge in [0.25, 0.3) is 5.56 Å². The van der Waals surface area contributed by atoms with Gasteiger partial charge in [0.15, 0.2) is 5.76 Å². The lowest BCUT2D eigenvalue weighted by Gasteiger charge is -2.32. The highest BCUT2D eigenvalue weighted by molar-refractivity contribution is 5.50. The Morgan fingerprint density at radius 3 is 2.70 bits per heavy atom. The number of furan rings is 1. The maximum Gasteiger partial charge on any atom is 0.268 e. The Balaban J connectivity index is 1.79. The first kappa shape index (κ1) is 13.1. The second kappa shape index (κ2) is 5.60. The van der Waals surface area contributed by atoms with Crippen LogP contribution in [0.5, 0.6) is 0 Å². The molecule has 3 heterocycles. The summed E-state index contributed by atoms with van der Waals surface area (Å²) >= 11 is 0. The van der Waals surface area contributed by atoms with Crippen molar-refractivity contribution in [2.75, 3.05) is 33.2 Å². The number of hydrogen-bond donors (Lipinski definition) is 0. The van der Waals surface area contributed by atoms with Gasteiger partial charge in [-0.05, 0) is 25.2 Å². The molecule has 6 nitrogen and oxygen atoms in total. The molecule has 1 saturated heterocycles. The second-order valence-electron chi connectivity index (χ2n) is 5.10. The first-order chi connectivity index (χ1) is 9.72. The molecule has 2 aromatic heterocycles. The van der Waals surface area contributed by atoms with Crippen molar-refractivity contribution in [1.82, 2.24) is 19.6 Å². The predicted molar refractivity (Wildman–Crippen MR) is 75.3 cm³/mol. The van der Waals surface area contributed by atoms with E-state index in [0.717, 1.165) is 26.2 Å². The van der Waals surface area contributed by atoms with Gasteiger partial charge in [-0.25, -0.2) is 4.68 Å². The third-order valence-electron chi connectivity index (χ3n) is 3.57. The molecule has 1 aliphatic rings. The number of piperazine rings is 1. The summed E-state index contributed by atoms with van der Waals surface area (Å²) in [7, 11) is 2.11. The monoisotopic (exact) mass is 274 g/mol. The third kappa shape index (κ3) is 2.81. The zero-order valence-electron chi connectivity index (χ0n) is 11.5. The minimum Gasteiger partial charge on any atom is -0.463 e. The summed E-state index contributed by atoms with van der Waals surface area (Å²) in [5.41, 5.74) is 0.600. The molecule has 6 heteroatoms. The summed E-state index contributed by atoms with van der Waals surface area (Å²) in [6.45, 7) is 4.48. The summed E-state index contributed by atoms with van der Waals surface area (Å²) in [4.78, 5) is 16.4. The normalized spacial score (nSPS) is 17.4. The molecule has 3 rings (SSSR count). The number of nitrogens with zero attached hydrogens (tertiary/aromatic N) is 4. The van der Waals surface area contributed by atoms with Crippen molar-refractivity contribution in [2.24, 2.45) is 0 Å². The van der Waals surface area contributed by atoms with E-state index in [0.29, 0.717) is 18.1 Å². The van der Waals surface area contributed by atoms with Crippen molar-refractivity contribution in [3.63, 3.8) is 0 Å². The summed E-state index contributed by atoms with van der Waals surface area (Å²) in [6, 6.07) is 6.89. The van der Waals surface area contributed by atoms with Crippen molar-refractivity contribution in [2.45, 2.75) is 6.67 Å². The fourth-order valence-electron chi connectivity index (χ4n) is 2.28.